The molecule has 1 atom stereocenters. The van der Waals surface area contributed by atoms with Crippen LogP contribution in [0, 0.1) is 0 Å². The molecular weight excluding hydrogens is 448 g/mol. The predicted octanol–water partition coefficient (Wildman–Crippen LogP) is 5.55. The van der Waals surface area contributed by atoms with E-state index in [4.69, 9.17) is 9.47 Å². The van der Waals surface area contributed by atoms with Crippen molar-refractivity contribution < 1.29 is 27.8 Å². The summed E-state index contributed by atoms with van der Waals surface area (Å²) in [6.07, 6.45) is 3.87. The number of hydrogen-bond acceptors (Lipinski definition) is 5. The number of hydrogen-bond donors (Lipinski definition) is 0. The Balaban J connectivity index is 1.61. The maximum atomic E-state index is 13.2. The highest BCUT2D eigenvalue weighted by molar-refractivity contribution is 7.10. The molecule has 0 saturated heterocycles. The van der Waals surface area contributed by atoms with E-state index < -0.39 is 6.61 Å². The molecule has 0 saturated carbocycles. The van der Waals surface area contributed by atoms with Crippen LogP contribution in [-0.4, -0.2) is 38.2 Å². The topological polar surface area (TPSA) is 48.0 Å². The van der Waals surface area contributed by atoms with E-state index in [1.807, 2.05) is 34.5 Å². The maximum Gasteiger partial charge on any atom is 0.387 e. The van der Waals surface area contributed by atoms with Crippen LogP contribution >= 0.6 is 11.3 Å². The van der Waals surface area contributed by atoms with Gasteiger partial charge in [-0.1, -0.05) is 18.2 Å². The number of thiophene rings is 1. The first-order chi connectivity index (χ1) is 16.0. The molecule has 0 spiro atoms. The number of halogens is 2. The summed E-state index contributed by atoms with van der Waals surface area (Å²) in [7, 11) is 3.20. The van der Waals surface area contributed by atoms with E-state index in [2.05, 4.69) is 4.74 Å². The predicted molar refractivity (Wildman–Crippen MR) is 123 cm³/mol. The lowest BCUT2D eigenvalue weighted by Crippen LogP contribution is -2.39. The Kier molecular flexibility index (Phi) is 6.93. The van der Waals surface area contributed by atoms with Crippen molar-refractivity contribution in [3.63, 3.8) is 0 Å². The zero-order chi connectivity index (χ0) is 23.4. The lowest BCUT2D eigenvalue weighted by Gasteiger charge is -2.37. The minimum atomic E-state index is -2.87. The summed E-state index contributed by atoms with van der Waals surface area (Å²) >= 11 is 1.59. The summed E-state index contributed by atoms with van der Waals surface area (Å²) < 4.78 is 40.0. The van der Waals surface area contributed by atoms with E-state index in [1.54, 1.807) is 43.8 Å². The molecular formula is C25H23F2NO4S. The highest BCUT2D eigenvalue weighted by Crippen LogP contribution is 2.42. The molecule has 1 aliphatic rings. The van der Waals surface area contributed by atoms with Gasteiger partial charge in [0.2, 0.25) is 5.91 Å². The van der Waals surface area contributed by atoms with E-state index in [9.17, 15) is 13.6 Å². The van der Waals surface area contributed by atoms with E-state index in [1.165, 1.54) is 18.2 Å². The second kappa shape index (κ2) is 10.0. The van der Waals surface area contributed by atoms with Crippen molar-refractivity contribution in [3.8, 4) is 17.2 Å². The summed E-state index contributed by atoms with van der Waals surface area (Å²) in [5, 5.41) is 1.99. The molecule has 1 amide bonds. The number of alkyl halides is 2. The number of fused-ring (bicyclic) bond motifs is 1. The van der Waals surface area contributed by atoms with Gasteiger partial charge >= 0.3 is 6.61 Å². The van der Waals surface area contributed by atoms with E-state index in [-0.39, 0.29) is 17.7 Å². The van der Waals surface area contributed by atoms with Crippen molar-refractivity contribution in [1.29, 1.82) is 0 Å². The van der Waals surface area contributed by atoms with Crippen molar-refractivity contribution in [3.05, 3.63) is 81.6 Å². The average Bonchev–Trinajstić information content (AvgIpc) is 3.36. The number of methoxy groups -OCH3 is 2. The van der Waals surface area contributed by atoms with E-state index in [0.29, 0.717) is 30.0 Å². The van der Waals surface area contributed by atoms with Gasteiger partial charge in [0.1, 0.15) is 5.75 Å². The quantitative estimate of drug-likeness (QED) is 0.424. The molecule has 2 heterocycles. The van der Waals surface area contributed by atoms with Crippen LogP contribution < -0.4 is 14.2 Å². The number of amides is 1. The molecule has 2 aromatic carbocycles. The molecule has 0 bridgehead atoms. The summed E-state index contributed by atoms with van der Waals surface area (Å²) in [5.41, 5.74) is 2.84. The second-order valence-electron chi connectivity index (χ2n) is 7.39. The summed E-state index contributed by atoms with van der Waals surface area (Å²) in [4.78, 5) is 16.1. The van der Waals surface area contributed by atoms with Gasteiger partial charge in [-0.2, -0.15) is 8.78 Å². The van der Waals surface area contributed by atoms with Gasteiger partial charge in [-0.15, -0.1) is 11.3 Å². The van der Waals surface area contributed by atoms with Crippen LogP contribution in [0.5, 0.6) is 17.2 Å². The number of ether oxygens (including phenoxy) is 3. The lowest BCUT2D eigenvalue weighted by molar-refractivity contribution is -0.127. The van der Waals surface area contributed by atoms with Gasteiger partial charge in [0.15, 0.2) is 11.5 Å². The SMILES string of the molecule is COc1cc2c(cc1OC)C(c1cccs1)N(C(=O)/C=C/c1ccc(OC(F)F)cc1)CC2. The van der Waals surface area contributed by atoms with Crippen molar-refractivity contribution in [2.24, 2.45) is 0 Å². The smallest absolute Gasteiger partial charge is 0.387 e. The van der Waals surface area contributed by atoms with Crippen LogP contribution in [-0.2, 0) is 11.2 Å². The van der Waals surface area contributed by atoms with Crippen LogP contribution in [0.2, 0.25) is 0 Å². The van der Waals surface area contributed by atoms with Gasteiger partial charge in [-0.3, -0.25) is 4.79 Å². The first-order valence-corrected chi connectivity index (χ1v) is 11.2. The number of benzene rings is 2. The van der Waals surface area contributed by atoms with Gasteiger partial charge in [-0.25, -0.2) is 0 Å². The van der Waals surface area contributed by atoms with Gasteiger partial charge in [0.25, 0.3) is 0 Å². The van der Waals surface area contributed by atoms with Crippen LogP contribution in [0.1, 0.15) is 27.6 Å². The Morgan fingerprint density at radius 1 is 1.12 bits per heavy atom. The number of carbonyl (C=O) groups is 1. The molecule has 3 aromatic rings. The molecule has 4 rings (SSSR count). The van der Waals surface area contributed by atoms with E-state index >= 15 is 0 Å². The lowest BCUT2D eigenvalue weighted by atomic mass is 9.90. The molecule has 0 radical (unpaired) electrons. The third-order valence-electron chi connectivity index (χ3n) is 5.49. The van der Waals surface area contributed by atoms with Gasteiger partial charge in [0, 0.05) is 17.5 Å². The highest BCUT2D eigenvalue weighted by atomic mass is 32.1. The molecule has 5 nitrogen and oxygen atoms in total. The maximum absolute atomic E-state index is 13.2. The minimum absolute atomic E-state index is 0.0725. The van der Waals surface area contributed by atoms with Crippen molar-refractivity contribution in [1.82, 2.24) is 4.90 Å². The second-order valence-corrected chi connectivity index (χ2v) is 8.37. The number of nitrogens with zero attached hydrogens (tertiary/aromatic N) is 1. The molecule has 1 unspecified atom stereocenters. The summed E-state index contributed by atoms with van der Waals surface area (Å²) in [6, 6.07) is 13.8. The Hall–Kier alpha value is -3.39. The standard InChI is InChI=1S/C25H23F2NO4S/c1-30-20-14-17-11-12-28(24(22-4-3-13-33-22)19(17)15-21(20)31-2)23(29)10-7-16-5-8-18(9-6-16)32-25(26)27/h3-10,13-15,24-25H,11-12H2,1-2H3/b10-7+. The molecule has 0 N–H and O–H groups in total. The monoisotopic (exact) mass is 471 g/mol. The van der Waals surface area contributed by atoms with Crippen LogP contribution in [0.3, 0.4) is 0 Å². The average molecular weight is 472 g/mol. The molecule has 0 aliphatic carbocycles. The van der Waals surface area contributed by atoms with Crippen LogP contribution in [0.25, 0.3) is 6.08 Å². The Morgan fingerprint density at radius 3 is 2.48 bits per heavy atom. The van der Waals surface area contributed by atoms with Gasteiger partial charge < -0.3 is 19.1 Å². The molecule has 33 heavy (non-hydrogen) atoms. The van der Waals surface area contributed by atoms with Gasteiger partial charge in [0.05, 0.1) is 20.3 Å². The molecule has 172 valence electrons. The largest absolute Gasteiger partial charge is 0.493 e. The first kappa shape index (κ1) is 22.8. The van der Waals surface area contributed by atoms with Gasteiger partial charge in [-0.05, 0) is 64.9 Å². The molecule has 1 aliphatic heterocycles. The molecule has 8 heteroatoms. The zero-order valence-corrected chi connectivity index (χ0v) is 19.0. The van der Waals surface area contributed by atoms with Crippen LogP contribution in [0.15, 0.2) is 60.0 Å². The fourth-order valence-corrected chi connectivity index (χ4v) is 4.82. The zero-order valence-electron chi connectivity index (χ0n) is 18.2. The third-order valence-corrected chi connectivity index (χ3v) is 6.42. The Morgan fingerprint density at radius 2 is 1.85 bits per heavy atom. The summed E-state index contributed by atoms with van der Waals surface area (Å²) in [6.45, 7) is -2.32. The summed E-state index contributed by atoms with van der Waals surface area (Å²) in [5.74, 6) is 1.22. The highest BCUT2D eigenvalue weighted by Gasteiger charge is 2.33. The van der Waals surface area contributed by atoms with Crippen molar-refractivity contribution in [2.45, 2.75) is 19.1 Å². The molecule has 1 aromatic heterocycles. The Labute approximate surface area is 194 Å². The van der Waals surface area contributed by atoms with E-state index in [0.717, 1.165) is 16.0 Å². The van der Waals surface area contributed by atoms with Crippen molar-refractivity contribution in [2.75, 3.05) is 20.8 Å². The molecule has 0 fully saturated rings. The fraction of sp³-hybridized carbons (Fsp3) is 0.240. The third kappa shape index (κ3) is 5.01. The van der Waals surface area contributed by atoms with Crippen molar-refractivity contribution >= 4 is 23.3 Å². The number of rotatable bonds is 7. The number of carbonyl (C=O) groups excluding carboxylic acids is 1. The normalized spacial score (nSPS) is 15.5. The fourth-order valence-electron chi connectivity index (χ4n) is 3.96. The van der Waals surface area contributed by atoms with Crippen LogP contribution in [0.4, 0.5) is 8.78 Å². The minimum Gasteiger partial charge on any atom is -0.493 e. The Bertz CT molecular complexity index is 1130. The first-order valence-electron chi connectivity index (χ1n) is 10.3.